The van der Waals surface area contributed by atoms with E-state index in [1.165, 1.54) is 30.5 Å². The molecule has 1 aliphatic rings. The summed E-state index contributed by atoms with van der Waals surface area (Å²) in [5, 5.41) is 2.90. The summed E-state index contributed by atoms with van der Waals surface area (Å²) >= 11 is 0. The number of aryl methyl sites for hydroxylation is 1. The van der Waals surface area contributed by atoms with E-state index < -0.39 is 0 Å². The van der Waals surface area contributed by atoms with Crippen LogP contribution in [-0.4, -0.2) is 20.4 Å². The van der Waals surface area contributed by atoms with Crippen molar-refractivity contribution < 1.29 is 9.18 Å². The van der Waals surface area contributed by atoms with Gasteiger partial charge in [-0.05, 0) is 61.9 Å². The Kier molecular flexibility index (Phi) is 5.77. The zero-order valence-electron chi connectivity index (χ0n) is 18.4. The molecule has 3 N–H and O–H groups in total. The van der Waals surface area contributed by atoms with Crippen molar-refractivity contribution in [1.82, 2.24) is 19.9 Å². The predicted molar refractivity (Wildman–Crippen MR) is 128 cm³/mol. The van der Waals surface area contributed by atoms with Crippen LogP contribution in [0.15, 0.2) is 60.2 Å². The standard InChI is InChI=1S/C26H26FN5O/c27-19-12-10-18(11-13-19)16-29-26(33)22-23-25(31-21-9-5-4-8-20(21)30-23)32(24(22)28)15-14-17-6-2-1-3-7-17/h4-6,8-13H,1-3,7,14-16,28H2,(H,29,33). The minimum Gasteiger partial charge on any atom is -0.384 e. The highest BCUT2D eigenvalue weighted by molar-refractivity contribution is 6.10. The molecular weight excluding hydrogens is 417 g/mol. The number of hydrogen-bond acceptors (Lipinski definition) is 4. The van der Waals surface area contributed by atoms with Gasteiger partial charge >= 0.3 is 0 Å². The number of nitrogens with one attached hydrogen (secondary N) is 1. The molecule has 4 aromatic rings. The molecule has 0 saturated heterocycles. The minimum absolute atomic E-state index is 0.263. The lowest BCUT2D eigenvalue weighted by Gasteiger charge is -2.14. The minimum atomic E-state index is -0.318. The Balaban J connectivity index is 1.51. The van der Waals surface area contributed by atoms with Crippen molar-refractivity contribution in [2.24, 2.45) is 0 Å². The average Bonchev–Trinajstić information content (AvgIpc) is 3.11. The second-order valence-electron chi connectivity index (χ2n) is 8.46. The van der Waals surface area contributed by atoms with Crippen molar-refractivity contribution in [2.45, 2.75) is 45.2 Å². The molecule has 2 aromatic carbocycles. The number of carbonyl (C=O) groups excluding carboxylic acids is 1. The molecule has 0 aliphatic heterocycles. The fourth-order valence-corrected chi connectivity index (χ4v) is 4.43. The number of para-hydroxylation sites is 2. The van der Waals surface area contributed by atoms with Crippen LogP contribution < -0.4 is 11.1 Å². The third-order valence-electron chi connectivity index (χ3n) is 6.23. The van der Waals surface area contributed by atoms with Crippen molar-refractivity contribution in [3.8, 4) is 0 Å². The van der Waals surface area contributed by atoms with E-state index in [1.54, 1.807) is 12.1 Å². The number of amides is 1. The fourth-order valence-electron chi connectivity index (χ4n) is 4.43. The first-order chi connectivity index (χ1) is 16.1. The number of benzene rings is 2. The number of carbonyl (C=O) groups is 1. The zero-order chi connectivity index (χ0) is 22.8. The SMILES string of the molecule is Nc1c(C(=O)NCc2ccc(F)cc2)c2nc3ccccc3nc2n1CCC1=CCCCC1. The van der Waals surface area contributed by atoms with Gasteiger partial charge in [0.1, 0.15) is 22.7 Å². The third-order valence-corrected chi connectivity index (χ3v) is 6.23. The summed E-state index contributed by atoms with van der Waals surface area (Å²) in [6.45, 7) is 0.908. The normalized spacial score (nSPS) is 13.9. The molecule has 168 valence electrons. The maximum atomic E-state index is 13.2. The molecule has 5 rings (SSSR count). The zero-order valence-corrected chi connectivity index (χ0v) is 18.4. The van der Waals surface area contributed by atoms with Crippen LogP contribution in [-0.2, 0) is 13.1 Å². The number of hydrogen-bond donors (Lipinski definition) is 2. The van der Waals surface area contributed by atoms with Crippen LogP contribution in [0.25, 0.3) is 22.2 Å². The number of nitrogens with zero attached hydrogens (tertiary/aromatic N) is 3. The molecule has 2 heterocycles. The van der Waals surface area contributed by atoms with E-state index in [0.29, 0.717) is 34.6 Å². The van der Waals surface area contributed by atoms with Gasteiger partial charge in [0.2, 0.25) is 0 Å². The second-order valence-corrected chi connectivity index (χ2v) is 8.46. The van der Waals surface area contributed by atoms with Gasteiger partial charge in [-0.15, -0.1) is 0 Å². The van der Waals surface area contributed by atoms with E-state index in [1.807, 2.05) is 28.8 Å². The molecule has 0 spiro atoms. The molecule has 1 amide bonds. The van der Waals surface area contributed by atoms with Crippen LogP contribution >= 0.6 is 0 Å². The largest absolute Gasteiger partial charge is 0.384 e. The first-order valence-electron chi connectivity index (χ1n) is 11.3. The summed E-state index contributed by atoms with van der Waals surface area (Å²) < 4.78 is 15.1. The van der Waals surface area contributed by atoms with Crippen molar-refractivity contribution in [3.63, 3.8) is 0 Å². The Hall–Kier alpha value is -3.74. The van der Waals surface area contributed by atoms with E-state index in [9.17, 15) is 9.18 Å². The third kappa shape index (κ3) is 4.31. The molecule has 0 radical (unpaired) electrons. The van der Waals surface area contributed by atoms with Crippen LogP contribution in [0.1, 0.15) is 48.0 Å². The lowest BCUT2D eigenvalue weighted by Crippen LogP contribution is -2.24. The maximum Gasteiger partial charge on any atom is 0.257 e. The number of fused-ring (bicyclic) bond motifs is 2. The van der Waals surface area contributed by atoms with E-state index in [0.717, 1.165) is 30.3 Å². The van der Waals surface area contributed by atoms with Gasteiger partial charge in [0.25, 0.3) is 5.91 Å². The highest BCUT2D eigenvalue weighted by Gasteiger charge is 2.24. The lowest BCUT2D eigenvalue weighted by atomic mass is 9.97. The van der Waals surface area contributed by atoms with Crippen LogP contribution in [0.4, 0.5) is 10.2 Å². The molecule has 0 saturated carbocycles. The summed E-state index contributed by atoms with van der Waals surface area (Å²) in [5.41, 5.74) is 11.7. The first-order valence-corrected chi connectivity index (χ1v) is 11.3. The van der Waals surface area contributed by atoms with Crippen LogP contribution in [0.3, 0.4) is 0 Å². The molecular formula is C26H26FN5O. The van der Waals surface area contributed by atoms with Crippen molar-refractivity contribution in [1.29, 1.82) is 0 Å². The van der Waals surface area contributed by atoms with Gasteiger partial charge in [-0.25, -0.2) is 14.4 Å². The van der Waals surface area contributed by atoms with E-state index in [4.69, 9.17) is 15.7 Å². The van der Waals surface area contributed by atoms with Crippen molar-refractivity contribution >= 4 is 33.9 Å². The Morgan fingerprint density at radius 3 is 2.55 bits per heavy atom. The van der Waals surface area contributed by atoms with Crippen molar-refractivity contribution in [3.05, 3.63) is 77.1 Å². The molecule has 0 atom stereocenters. The van der Waals surface area contributed by atoms with Crippen LogP contribution in [0.5, 0.6) is 0 Å². The molecule has 7 heteroatoms. The Morgan fingerprint density at radius 1 is 1.06 bits per heavy atom. The van der Waals surface area contributed by atoms with Gasteiger partial charge < -0.3 is 15.6 Å². The molecule has 0 fully saturated rings. The Morgan fingerprint density at radius 2 is 1.82 bits per heavy atom. The lowest BCUT2D eigenvalue weighted by molar-refractivity contribution is 0.0953. The number of nitrogens with two attached hydrogens (primary N) is 1. The van der Waals surface area contributed by atoms with Gasteiger partial charge in [0.05, 0.1) is 11.0 Å². The van der Waals surface area contributed by atoms with Gasteiger partial charge in [-0.1, -0.05) is 35.9 Å². The highest BCUT2D eigenvalue weighted by Crippen LogP contribution is 2.29. The Labute approximate surface area is 191 Å². The van der Waals surface area contributed by atoms with E-state index in [2.05, 4.69) is 11.4 Å². The summed E-state index contributed by atoms with van der Waals surface area (Å²) in [5.74, 6) is -0.261. The molecule has 0 unspecified atom stereocenters. The van der Waals surface area contributed by atoms with Gasteiger partial charge in [0.15, 0.2) is 5.65 Å². The number of allylic oxidation sites excluding steroid dienone is 2. The van der Waals surface area contributed by atoms with Gasteiger partial charge in [-0.2, -0.15) is 0 Å². The van der Waals surface area contributed by atoms with Crippen LogP contribution in [0.2, 0.25) is 0 Å². The smallest absolute Gasteiger partial charge is 0.257 e. The number of halogens is 1. The van der Waals surface area contributed by atoms with E-state index >= 15 is 0 Å². The van der Waals surface area contributed by atoms with Crippen LogP contribution in [0, 0.1) is 5.82 Å². The number of anilines is 1. The van der Waals surface area contributed by atoms with Gasteiger partial charge in [-0.3, -0.25) is 4.79 Å². The number of aromatic nitrogens is 3. The molecule has 6 nitrogen and oxygen atoms in total. The number of rotatable bonds is 6. The first kappa shape index (κ1) is 21.1. The Bertz CT molecular complexity index is 1360. The predicted octanol–water partition coefficient (Wildman–Crippen LogP) is 5.13. The second kappa shape index (κ2) is 9.02. The summed E-state index contributed by atoms with van der Waals surface area (Å²) in [4.78, 5) is 22.8. The van der Waals surface area contributed by atoms with Gasteiger partial charge in [0, 0.05) is 13.1 Å². The summed E-state index contributed by atoms with van der Waals surface area (Å²) in [6, 6.07) is 13.6. The molecule has 33 heavy (non-hydrogen) atoms. The van der Waals surface area contributed by atoms with Crippen molar-refractivity contribution in [2.75, 3.05) is 5.73 Å². The molecule has 1 aliphatic carbocycles. The molecule has 2 aromatic heterocycles. The number of nitrogen functional groups attached to an aromatic ring is 1. The molecule has 0 bridgehead atoms. The maximum absolute atomic E-state index is 13.2. The fraction of sp³-hybridized carbons (Fsp3) is 0.269. The summed E-state index contributed by atoms with van der Waals surface area (Å²) in [7, 11) is 0. The monoisotopic (exact) mass is 443 g/mol. The topological polar surface area (TPSA) is 85.8 Å². The highest BCUT2D eigenvalue weighted by atomic mass is 19.1. The average molecular weight is 444 g/mol. The quantitative estimate of drug-likeness (QED) is 0.405. The summed E-state index contributed by atoms with van der Waals surface area (Å²) in [6.07, 6.45) is 7.89. The van der Waals surface area contributed by atoms with E-state index in [-0.39, 0.29) is 18.3 Å².